The maximum atomic E-state index is 5.07. The number of pyridine rings is 1. The Morgan fingerprint density at radius 2 is 1.90 bits per heavy atom. The first-order chi connectivity index (χ1) is 14.6. The highest BCUT2D eigenvalue weighted by atomic mass is 15.3. The van der Waals surface area contributed by atoms with Crippen molar-refractivity contribution in [1.82, 2.24) is 24.8 Å². The quantitative estimate of drug-likeness (QED) is 0.720. The first kappa shape index (κ1) is 19.5. The van der Waals surface area contributed by atoms with Crippen molar-refractivity contribution in [3.05, 3.63) is 53.6 Å². The van der Waals surface area contributed by atoms with E-state index in [-0.39, 0.29) is 0 Å². The lowest BCUT2D eigenvalue weighted by molar-refractivity contribution is 0.216. The molecule has 6 nitrogen and oxygen atoms in total. The number of para-hydroxylation sites is 1. The zero-order valence-electron chi connectivity index (χ0n) is 18.3. The fraction of sp³-hybridized carbons (Fsp3) is 0.500. The van der Waals surface area contributed by atoms with Crippen LogP contribution < -0.4 is 4.90 Å². The summed E-state index contributed by atoms with van der Waals surface area (Å²) in [5.41, 5.74) is 6.00. The topological polar surface area (TPSA) is 51.3 Å². The lowest BCUT2D eigenvalue weighted by atomic mass is 9.96. The molecule has 158 valence electrons. The molecule has 0 aliphatic carbocycles. The third-order valence-electron chi connectivity index (χ3n) is 6.87. The van der Waals surface area contributed by atoms with Crippen molar-refractivity contribution in [2.75, 3.05) is 44.7 Å². The average Bonchev–Trinajstić information content (AvgIpc) is 3.32. The molecule has 1 N–H and O–H groups in total. The second-order valence-electron chi connectivity index (χ2n) is 9.03. The number of anilines is 1. The Morgan fingerprint density at radius 3 is 2.70 bits per heavy atom. The Kier molecular flexibility index (Phi) is 5.21. The zero-order valence-corrected chi connectivity index (χ0v) is 18.3. The van der Waals surface area contributed by atoms with E-state index in [1.54, 1.807) is 0 Å². The van der Waals surface area contributed by atoms with Crippen LogP contribution in [0.5, 0.6) is 0 Å². The summed E-state index contributed by atoms with van der Waals surface area (Å²) in [6, 6.07) is 11.1. The summed E-state index contributed by atoms with van der Waals surface area (Å²) in [6.45, 7) is 10.8. The zero-order chi connectivity index (χ0) is 20.7. The smallest absolute Gasteiger partial charge is 0.121 e. The second-order valence-corrected chi connectivity index (χ2v) is 9.03. The van der Waals surface area contributed by atoms with Crippen LogP contribution in [0, 0.1) is 12.8 Å². The summed E-state index contributed by atoms with van der Waals surface area (Å²) in [7, 11) is 2.20. The Hall–Kier alpha value is -2.44. The Bertz CT molecular complexity index is 1020. The van der Waals surface area contributed by atoms with Crippen molar-refractivity contribution in [2.45, 2.75) is 32.9 Å². The first-order valence-electron chi connectivity index (χ1n) is 11.2. The van der Waals surface area contributed by atoms with Crippen molar-refractivity contribution in [2.24, 2.45) is 5.92 Å². The van der Waals surface area contributed by atoms with Gasteiger partial charge in [0.05, 0.1) is 29.5 Å². The average molecular weight is 405 g/mol. The fourth-order valence-electron chi connectivity index (χ4n) is 5.09. The number of aryl methyl sites for hydroxylation is 1. The van der Waals surface area contributed by atoms with Gasteiger partial charge in [-0.1, -0.05) is 19.1 Å². The largest absolute Gasteiger partial charge is 0.367 e. The summed E-state index contributed by atoms with van der Waals surface area (Å²) in [5.74, 6) is 1.66. The normalized spacial score (nSPS) is 23.5. The van der Waals surface area contributed by atoms with Gasteiger partial charge < -0.3 is 14.8 Å². The van der Waals surface area contributed by atoms with E-state index in [4.69, 9.17) is 9.97 Å². The van der Waals surface area contributed by atoms with Gasteiger partial charge in [0.15, 0.2) is 0 Å². The molecule has 1 aromatic carbocycles. The number of benzene rings is 1. The highest BCUT2D eigenvalue weighted by Gasteiger charge is 2.34. The summed E-state index contributed by atoms with van der Waals surface area (Å²) in [4.78, 5) is 20.8. The number of likely N-dealkylation sites (tertiary alicyclic amines) is 1. The third-order valence-corrected chi connectivity index (χ3v) is 6.87. The predicted octanol–water partition coefficient (Wildman–Crippen LogP) is 3.60. The summed E-state index contributed by atoms with van der Waals surface area (Å²) >= 11 is 0. The number of H-pyrrole nitrogens is 1. The van der Waals surface area contributed by atoms with Crippen LogP contribution in [0.25, 0.3) is 11.0 Å². The van der Waals surface area contributed by atoms with Gasteiger partial charge in [-0.2, -0.15) is 0 Å². The molecule has 6 heteroatoms. The molecule has 0 amide bonds. The van der Waals surface area contributed by atoms with E-state index in [1.165, 1.54) is 23.4 Å². The van der Waals surface area contributed by atoms with Crippen LogP contribution in [0.4, 0.5) is 5.69 Å². The molecular formula is C24H32N6. The molecule has 2 aliphatic rings. The summed E-state index contributed by atoms with van der Waals surface area (Å²) < 4.78 is 0. The first-order valence-corrected chi connectivity index (χ1v) is 11.2. The molecule has 2 aliphatic heterocycles. The van der Waals surface area contributed by atoms with Crippen molar-refractivity contribution < 1.29 is 0 Å². The van der Waals surface area contributed by atoms with Crippen molar-refractivity contribution >= 4 is 16.7 Å². The van der Waals surface area contributed by atoms with Crippen molar-refractivity contribution in [3.8, 4) is 0 Å². The van der Waals surface area contributed by atoms with Gasteiger partial charge in [-0.3, -0.25) is 9.88 Å². The van der Waals surface area contributed by atoms with Gasteiger partial charge in [0.1, 0.15) is 11.3 Å². The number of nitrogens with zero attached hydrogens (tertiary/aromatic N) is 5. The highest BCUT2D eigenvalue weighted by molar-refractivity contribution is 5.89. The molecule has 30 heavy (non-hydrogen) atoms. The number of likely N-dealkylation sites (N-methyl/N-ethyl adjacent to an activating group) is 1. The summed E-state index contributed by atoms with van der Waals surface area (Å²) in [5, 5.41) is 0. The number of aromatic nitrogens is 3. The third kappa shape index (κ3) is 3.59. The Labute approximate surface area is 178 Å². The molecule has 0 unspecified atom stereocenters. The van der Waals surface area contributed by atoms with Gasteiger partial charge in [-0.05, 0) is 56.6 Å². The molecule has 2 fully saturated rings. The standard InChI is InChI=1S/C24H32N6/c1-17-6-5-10-25-22(17)24-18(2)9-11-30(24)16-21-26-19-7-4-8-20(23(19)27-21)29-14-12-28(3)13-15-29/h4-8,10,18,24H,9,11-16H2,1-3H3,(H,26,27)/t18-,24-/m1/s1. The SMILES string of the molecule is Cc1cccnc1[C@H]1[C@H](C)CCN1Cc1nc2c(N3CCN(C)CC3)cccc2[nH]1. The molecule has 0 bridgehead atoms. The lowest BCUT2D eigenvalue weighted by Gasteiger charge is -2.34. The lowest BCUT2D eigenvalue weighted by Crippen LogP contribution is -2.44. The number of aromatic amines is 1. The second kappa shape index (κ2) is 8.00. The van der Waals surface area contributed by atoms with Crippen LogP contribution >= 0.6 is 0 Å². The van der Waals surface area contributed by atoms with E-state index in [2.05, 4.69) is 64.8 Å². The molecule has 5 rings (SSSR count). The van der Waals surface area contributed by atoms with Crippen molar-refractivity contribution in [1.29, 1.82) is 0 Å². The maximum Gasteiger partial charge on any atom is 0.121 e. The maximum absolute atomic E-state index is 5.07. The van der Waals surface area contributed by atoms with Gasteiger partial charge in [0.25, 0.3) is 0 Å². The predicted molar refractivity (Wildman–Crippen MR) is 122 cm³/mol. The molecule has 0 radical (unpaired) electrons. The van der Waals surface area contributed by atoms with Crippen LogP contribution in [0.1, 0.15) is 36.5 Å². The van der Waals surface area contributed by atoms with E-state index in [9.17, 15) is 0 Å². The van der Waals surface area contributed by atoms with E-state index < -0.39 is 0 Å². The number of piperazine rings is 1. The number of nitrogens with one attached hydrogen (secondary N) is 1. The van der Waals surface area contributed by atoms with E-state index >= 15 is 0 Å². The highest BCUT2D eigenvalue weighted by Crippen LogP contribution is 2.38. The van der Waals surface area contributed by atoms with Gasteiger partial charge in [0.2, 0.25) is 0 Å². The number of hydrogen-bond acceptors (Lipinski definition) is 5. The fourth-order valence-corrected chi connectivity index (χ4v) is 5.09. The van der Waals surface area contributed by atoms with E-state index in [1.807, 2.05) is 12.3 Å². The molecule has 2 saturated heterocycles. The Balaban J connectivity index is 1.41. The molecule has 2 aromatic heterocycles. The van der Waals surface area contributed by atoms with Gasteiger partial charge >= 0.3 is 0 Å². The molecule has 2 atom stereocenters. The summed E-state index contributed by atoms with van der Waals surface area (Å²) in [6.07, 6.45) is 3.13. The molecule has 4 heterocycles. The van der Waals surface area contributed by atoms with Crippen molar-refractivity contribution in [3.63, 3.8) is 0 Å². The minimum Gasteiger partial charge on any atom is -0.367 e. The van der Waals surface area contributed by atoms with E-state index in [0.29, 0.717) is 12.0 Å². The molecular weight excluding hydrogens is 372 g/mol. The van der Waals surface area contributed by atoms with Gasteiger partial charge in [-0.15, -0.1) is 0 Å². The van der Waals surface area contributed by atoms with E-state index in [0.717, 1.165) is 56.1 Å². The number of imidazole rings is 1. The van der Waals surface area contributed by atoms with Crippen LogP contribution in [0.15, 0.2) is 36.5 Å². The van der Waals surface area contributed by atoms with Crippen LogP contribution in [0.3, 0.4) is 0 Å². The molecule has 3 aromatic rings. The van der Waals surface area contributed by atoms with Gasteiger partial charge in [0, 0.05) is 32.4 Å². The monoisotopic (exact) mass is 404 g/mol. The minimum absolute atomic E-state index is 0.358. The van der Waals surface area contributed by atoms with Crippen LogP contribution in [-0.4, -0.2) is 64.5 Å². The van der Waals surface area contributed by atoms with Crippen LogP contribution in [0.2, 0.25) is 0 Å². The molecule has 0 saturated carbocycles. The number of rotatable bonds is 4. The Morgan fingerprint density at radius 1 is 1.07 bits per heavy atom. The number of hydrogen-bond donors (Lipinski definition) is 1. The van der Waals surface area contributed by atoms with Gasteiger partial charge in [-0.25, -0.2) is 4.98 Å². The van der Waals surface area contributed by atoms with Crippen LogP contribution in [-0.2, 0) is 6.54 Å². The molecule has 0 spiro atoms. The number of fused-ring (bicyclic) bond motifs is 1. The minimum atomic E-state index is 0.358.